The maximum absolute atomic E-state index is 10.7. The second-order valence-electron chi connectivity index (χ2n) is 3.21. The largest absolute Gasteiger partial charge is 0.298 e. The first-order valence-corrected chi connectivity index (χ1v) is 5.27. The Kier molecular flexibility index (Phi) is 1.76. The van der Waals surface area contributed by atoms with Crippen LogP contribution in [-0.2, 0) is 0 Å². The molecule has 4 heteroatoms. The number of thiophene rings is 1. The Morgan fingerprint density at radius 1 is 1.27 bits per heavy atom. The van der Waals surface area contributed by atoms with Crippen LogP contribution in [-0.4, -0.2) is 16.3 Å². The number of benzene rings is 1. The normalized spacial score (nSPS) is 10.9. The third-order valence-electron chi connectivity index (χ3n) is 2.29. The Hall–Kier alpha value is -1.81. The lowest BCUT2D eigenvalue weighted by molar-refractivity contribution is 0.112. The molecule has 0 saturated heterocycles. The molecule has 0 amide bonds. The molecule has 0 aliphatic rings. The van der Waals surface area contributed by atoms with Crippen molar-refractivity contribution in [2.75, 3.05) is 0 Å². The van der Waals surface area contributed by atoms with Crippen molar-refractivity contribution in [2.45, 2.75) is 0 Å². The van der Waals surface area contributed by atoms with Gasteiger partial charge in [-0.1, -0.05) is 6.07 Å². The molecule has 0 radical (unpaired) electrons. The fourth-order valence-corrected chi connectivity index (χ4v) is 2.62. The molecule has 2 aromatic heterocycles. The van der Waals surface area contributed by atoms with Gasteiger partial charge in [-0.15, -0.1) is 11.3 Å². The lowest BCUT2D eigenvalue weighted by Gasteiger charge is -1.91. The van der Waals surface area contributed by atoms with Crippen LogP contribution < -0.4 is 0 Å². The number of rotatable bonds is 1. The standard InChI is InChI=1S/C11H6N2OS/c14-5-7-1-2-9-8(3-7)11-10(15-9)4-12-6-13-11/h1-6H. The van der Waals surface area contributed by atoms with E-state index in [1.165, 1.54) is 6.33 Å². The van der Waals surface area contributed by atoms with Gasteiger partial charge in [-0.05, 0) is 12.1 Å². The lowest BCUT2D eigenvalue weighted by atomic mass is 10.2. The summed E-state index contributed by atoms with van der Waals surface area (Å²) in [6.07, 6.45) is 4.18. The predicted molar refractivity (Wildman–Crippen MR) is 60.3 cm³/mol. The van der Waals surface area contributed by atoms with Crippen LogP contribution in [0.2, 0.25) is 0 Å². The second kappa shape index (κ2) is 3.10. The molecular weight excluding hydrogens is 208 g/mol. The highest BCUT2D eigenvalue weighted by atomic mass is 32.1. The van der Waals surface area contributed by atoms with Crippen molar-refractivity contribution in [1.82, 2.24) is 9.97 Å². The molecule has 3 aromatic rings. The topological polar surface area (TPSA) is 42.9 Å². The van der Waals surface area contributed by atoms with Crippen molar-refractivity contribution >= 4 is 37.9 Å². The molecule has 72 valence electrons. The monoisotopic (exact) mass is 214 g/mol. The third-order valence-corrected chi connectivity index (χ3v) is 3.39. The molecule has 0 N–H and O–H groups in total. The summed E-state index contributed by atoms with van der Waals surface area (Å²) in [5.41, 5.74) is 1.61. The SMILES string of the molecule is O=Cc1ccc2sc3cncnc3c2c1. The number of hydrogen-bond acceptors (Lipinski definition) is 4. The molecule has 0 unspecified atom stereocenters. The number of carbonyl (C=O) groups is 1. The van der Waals surface area contributed by atoms with E-state index < -0.39 is 0 Å². The summed E-state index contributed by atoms with van der Waals surface area (Å²) in [6, 6.07) is 5.64. The van der Waals surface area contributed by atoms with Gasteiger partial charge in [0.2, 0.25) is 0 Å². The molecule has 0 fully saturated rings. The zero-order chi connectivity index (χ0) is 10.3. The highest BCUT2D eigenvalue weighted by Gasteiger charge is 2.06. The number of aldehydes is 1. The van der Waals surface area contributed by atoms with Crippen LogP contribution in [0.5, 0.6) is 0 Å². The van der Waals surface area contributed by atoms with E-state index in [4.69, 9.17) is 0 Å². The minimum absolute atomic E-state index is 0.681. The van der Waals surface area contributed by atoms with Gasteiger partial charge in [-0.2, -0.15) is 0 Å². The quantitative estimate of drug-likeness (QED) is 0.585. The third kappa shape index (κ3) is 1.22. The highest BCUT2D eigenvalue weighted by Crippen LogP contribution is 2.31. The summed E-state index contributed by atoms with van der Waals surface area (Å²) in [7, 11) is 0. The summed E-state index contributed by atoms with van der Waals surface area (Å²) >= 11 is 1.64. The molecule has 0 aliphatic heterocycles. The first-order chi connectivity index (χ1) is 7.38. The van der Waals surface area contributed by atoms with Gasteiger partial charge in [0.15, 0.2) is 0 Å². The Morgan fingerprint density at radius 3 is 3.07 bits per heavy atom. The summed E-state index contributed by atoms with van der Waals surface area (Å²) in [5.74, 6) is 0. The van der Waals surface area contributed by atoms with E-state index >= 15 is 0 Å². The molecule has 15 heavy (non-hydrogen) atoms. The molecule has 2 heterocycles. The molecule has 0 saturated carbocycles. The molecule has 0 bridgehead atoms. The van der Waals surface area contributed by atoms with Gasteiger partial charge in [0.1, 0.15) is 12.6 Å². The first kappa shape index (κ1) is 8.49. The van der Waals surface area contributed by atoms with Crippen LogP contribution >= 0.6 is 11.3 Å². The van der Waals surface area contributed by atoms with Crippen LogP contribution in [0, 0.1) is 0 Å². The fourth-order valence-electron chi connectivity index (χ4n) is 1.61. The molecule has 3 nitrogen and oxygen atoms in total. The molecule has 1 aromatic carbocycles. The maximum Gasteiger partial charge on any atom is 0.150 e. The van der Waals surface area contributed by atoms with E-state index in [0.717, 1.165) is 26.6 Å². The number of fused-ring (bicyclic) bond motifs is 3. The average Bonchev–Trinajstić information content (AvgIpc) is 2.66. The summed E-state index contributed by atoms with van der Waals surface area (Å²) in [4.78, 5) is 18.9. The lowest BCUT2D eigenvalue weighted by Crippen LogP contribution is -1.79. The van der Waals surface area contributed by atoms with Crippen LogP contribution in [0.15, 0.2) is 30.7 Å². The number of aromatic nitrogens is 2. The van der Waals surface area contributed by atoms with Gasteiger partial charge in [-0.25, -0.2) is 9.97 Å². The number of carbonyl (C=O) groups excluding carboxylic acids is 1. The number of hydrogen-bond donors (Lipinski definition) is 0. The molecule has 0 atom stereocenters. The maximum atomic E-state index is 10.7. The average molecular weight is 214 g/mol. The van der Waals surface area contributed by atoms with E-state index in [2.05, 4.69) is 9.97 Å². The molecule has 0 spiro atoms. The van der Waals surface area contributed by atoms with E-state index in [1.807, 2.05) is 18.2 Å². The van der Waals surface area contributed by atoms with Crippen molar-refractivity contribution in [3.63, 3.8) is 0 Å². The van der Waals surface area contributed by atoms with Crippen molar-refractivity contribution in [1.29, 1.82) is 0 Å². The predicted octanol–water partition coefficient (Wildman–Crippen LogP) is 2.66. The van der Waals surface area contributed by atoms with Gasteiger partial charge in [0.05, 0.1) is 10.2 Å². The highest BCUT2D eigenvalue weighted by molar-refractivity contribution is 7.25. The molecule has 0 aliphatic carbocycles. The van der Waals surface area contributed by atoms with Gasteiger partial charge >= 0.3 is 0 Å². The minimum atomic E-state index is 0.681. The van der Waals surface area contributed by atoms with E-state index in [1.54, 1.807) is 17.5 Å². The Balaban J connectivity index is 2.51. The Morgan fingerprint density at radius 2 is 2.20 bits per heavy atom. The van der Waals surface area contributed by atoms with Gasteiger partial charge in [0, 0.05) is 21.8 Å². The Bertz CT molecular complexity index is 660. The smallest absolute Gasteiger partial charge is 0.150 e. The van der Waals surface area contributed by atoms with Gasteiger partial charge in [-0.3, -0.25) is 4.79 Å². The summed E-state index contributed by atoms with van der Waals surface area (Å²) in [6.45, 7) is 0. The zero-order valence-corrected chi connectivity index (χ0v) is 8.49. The zero-order valence-electron chi connectivity index (χ0n) is 7.68. The fraction of sp³-hybridized carbons (Fsp3) is 0. The summed E-state index contributed by atoms with van der Waals surface area (Å²) < 4.78 is 2.19. The summed E-state index contributed by atoms with van der Waals surface area (Å²) in [5, 5.41) is 1.03. The van der Waals surface area contributed by atoms with Crippen LogP contribution in [0.3, 0.4) is 0 Å². The van der Waals surface area contributed by atoms with E-state index in [0.29, 0.717) is 5.56 Å². The van der Waals surface area contributed by atoms with E-state index in [9.17, 15) is 4.79 Å². The van der Waals surface area contributed by atoms with Crippen LogP contribution in [0.1, 0.15) is 10.4 Å². The minimum Gasteiger partial charge on any atom is -0.298 e. The van der Waals surface area contributed by atoms with Crippen LogP contribution in [0.25, 0.3) is 20.3 Å². The molecule has 3 rings (SSSR count). The van der Waals surface area contributed by atoms with Crippen molar-refractivity contribution in [2.24, 2.45) is 0 Å². The van der Waals surface area contributed by atoms with E-state index in [-0.39, 0.29) is 0 Å². The molecular formula is C11H6N2OS. The second-order valence-corrected chi connectivity index (χ2v) is 4.29. The van der Waals surface area contributed by atoms with Gasteiger partial charge < -0.3 is 0 Å². The first-order valence-electron chi connectivity index (χ1n) is 4.46. The Labute approximate surface area is 89.4 Å². The van der Waals surface area contributed by atoms with Crippen molar-refractivity contribution in [3.8, 4) is 0 Å². The van der Waals surface area contributed by atoms with Gasteiger partial charge in [0.25, 0.3) is 0 Å². The van der Waals surface area contributed by atoms with Crippen molar-refractivity contribution < 1.29 is 4.79 Å². The van der Waals surface area contributed by atoms with Crippen molar-refractivity contribution in [3.05, 3.63) is 36.3 Å². The van der Waals surface area contributed by atoms with Crippen LogP contribution in [0.4, 0.5) is 0 Å². The number of nitrogens with zero attached hydrogens (tertiary/aromatic N) is 2.